The molecule has 4 rings (SSSR count). The van der Waals surface area contributed by atoms with Crippen molar-refractivity contribution >= 4 is 18.2 Å². The average molecular weight is 298 g/mol. The third kappa shape index (κ3) is 2.01. The smallest absolute Gasteiger partial charge is 0.423 e. The Hall–Kier alpha value is -1.98. The second kappa shape index (κ2) is 4.76. The van der Waals surface area contributed by atoms with Gasteiger partial charge in [-0.05, 0) is 47.6 Å². The molecule has 1 fully saturated rings. The van der Waals surface area contributed by atoms with E-state index < -0.39 is 24.4 Å². The van der Waals surface area contributed by atoms with Crippen LogP contribution >= 0.6 is 0 Å². The summed E-state index contributed by atoms with van der Waals surface area (Å²) in [5, 5.41) is 10.3. The fourth-order valence-corrected chi connectivity index (χ4v) is 3.18. The van der Waals surface area contributed by atoms with Crippen molar-refractivity contribution in [3.63, 3.8) is 0 Å². The molecular formula is C17H13BF2O2. The van der Waals surface area contributed by atoms with Crippen LogP contribution < -0.4 is 0 Å². The van der Waals surface area contributed by atoms with Gasteiger partial charge in [-0.25, -0.2) is 8.78 Å². The lowest BCUT2D eigenvalue weighted by atomic mass is 9.72. The normalized spacial score (nSPS) is 19.1. The molecule has 2 aromatic rings. The van der Waals surface area contributed by atoms with Crippen LogP contribution in [0.1, 0.15) is 24.0 Å². The number of benzene rings is 2. The summed E-state index contributed by atoms with van der Waals surface area (Å²) >= 11 is 0. The maximum absolute atomic E-state index is 14.2. The molecule has 2 aromatic carbocycles. The van der Waals surface area contributed by atoms with E-state index in [0.717, 1.165) is 42.2 Å². The Morgan fingerprint density at radius 2 is 1.77 bits per heavy atom. The molecule has 0 radical (unpaired) electrons. The summed E-state index contributed by atoms with van der Waals surface area (Å²) < 4.78 is 33.4. The predicted molar refractivity (Wildman–Crippen MR) is 80.6 cm³/mol. The minimum atomic E-state index is -1.24. The van der Waals surface area contributed by atoms with Gasteiger partial charge >= 0.3 is 7.12 Å². The fraction of sp³-hybridized carbons (Fsp3) is 0.176. The molecule has 110 valence electrons. The SMILES string of the molecule is OB1OC2(CC2)C(c2ccccc2)=C1c1cc(F)ccc1F. The van der Waals surface area contributed by atoms with Crippen molar-refractivity contribution < 1.29 is 18.5 Å². The van der Waals surface area contributed by atoms with Crippen LogP contribution in [0.5, 0.6) is 0 Å². The molecule has 0 bridgehead atoms. The lowest BCUT2D eigenvalue weighted by Crippen LogP contribution is -2.20. The minimum absolute atomic E-state index is 0.0649. The van der Waals surface area contributed by atoms with Crippen LogP contribution in [0.4, 0.5) is 8.78 Å². The van der Waals surface area contributed by atoms with Gasteiger partial charge in [0.05, 0.1) is 5.60 Å². The third-order valence-electron chi connectivity index (χ3n) is 4.29. The van der Waals surface area contributed by atoms with Gasteiger partial charge in [-0.1, -0.05) is 30.3 Å². The molecule has 2 nitrogen and oxygen atoms in total. The lowest BCUT2D eigenvalue weighted by Gasteiger charge is -2.14. The molecule has 1 aliphatic carbocycles. The summed E-state index contributed by atoms with van der Waals surface area (Å²) in [6.07, 6.45) is 1.55. The van der Waals surface area contributed by atoms with Gasteiger partial charge in [0, 0.05) is 5.56 Å². The summed E-state index contributed by atoms with van der Waals surface area (Å²) in [4.78, 5) is 0. The Kier molecular flexibility index (Phi) is 2.96. The Balaban J connectivity index is 1.98. The van der Waals surface area contributed by atoms with E-state index in [4.69, 9.17) is 4.65 Å². The molecule has 2 aliphatic rings. The Bertz CT molecular complexity index is 769. The standard InChI is InChI=1S/C17H13BF2O2/c19-12-6-7-14(20)13(10-12)16-15(11-4-2-1-3-5-11)17(8-9-17)22-18(16)21/h1-7,10,21H,8-9H2. The molecule has 0 amide bonds. The van der Waals surface area contributed by atoms with E-state index in [-0.39, 0.29) is 5.56 Å². The molecule has 0 atom stereocenters. The molecule has 1 spiro atoms. The topological polar surface area (TPSA) is 29.5 Å². The number of hydrogen-bond acceptors (Lipinski definition) is 2. The first-order valence-electron chi connectivity index (χ1n) is 7.22. The lowest BCUT2D eigenvalue weighted by molar-refractivity contribution is 0.215. The highest BCUT2D eigenvalue weighted by Crippen LogP contribution is 2.57. The van der Waals surface area contributed by atoms with E-state index in [0.29, 0.717) is 5.47 Å². The molecule has 1 aliphatic heterocycles. The molecule has 0 aromatic heterocycles. The quantitative estimate of drug-likeness (QED) is 0.860. The van der Waals surface area contributed by atoms with E-state index in [1.54, 1.807) is 0 Å². The van der Waals surface area contributed by atoms with Gasteiger partial charge in [-0.3, -0.25) is 0 Å². The summed E-state index contributed by atoms with van der Waals surface area (Å²) in [7, 11) is -1.24. The molecular weight excluding hydrogens is 285 g/mol. The average Bonchev–Trinajstić information content (AvgIpc) is 3.21. The van der Waals surface area contributed by atoms with Crippen molar-refractivity contribution in [1.82, 2.24) is 0 Å². The monoisotopic (exact) mass is 298 g/mol. The molecule has 22 heavy (non-hydrogen) atoms. The van der Waals surface area contributed by atoms with Gasteiger partial charge in [-0.15, -0.1) is 0 Å². The molecule has 0 unspecified atom stereocenters. The van der Waals surface area contributed by atoms with E-state index >= 15 is 0 Å². The third-order valence-corrected chi connectivity index (χ3v) is 4.29. The minimum Gasteiger partial charge on any atom is -0.423 e. The van der Waals surface area contributed by atoms with Crippen molar-refractivity contribution in [2.75, 3.05) is 0 Å². The van der Waals surface area contributed by atoms with E-state index in [9.17, 15) is 13.8 Å². The maximum atomic E-state index is 14.2. The largest absolute Gasteiger partial charge is 0.492 e. The summed E-state index contributed by atoms with van der Waals surface area (Å²) in [6.45, 7) is 0. The summed E-state index contributed by atoms with van der Waals surface area (Å²) in [5.41, 5.74) is 1.48. The van der Waals surface area contributed by atoms with Crippen LogP contribution in [0.25, 0.3) is 11.0 Å². The second-order valence-electron chi connectivity index (χ2n) is 5.74. The highest BCUT2D eigenvalue weighted by atomic mass is 19.1. The number of halogens is 2. The van der Waals surface area contributed by atoms with Crippen molar-refractivity contribution in [2.45, 2.75) is 18.4 Å². The number of rotatable bonds is 2. The van der Waals surface area contributed by atoms with Crippen LogP contribution in [-0.4, -0.2) is 17.7 Å². The van der Waals surface area contributed by atoms with E-state index in [1.165, 1.54) is 0 Å². The summed E-state index contributed by atoms with van der Waals surface area (Å²) in [6, 6.07) is 12.7. The van der Waals surface area contributed by atoms with Crippen LogP contribution in [0.15, 0.2) is 48.5 Å². The van der Waals surface area contributed by atoms with Crippen LogP contribution in [-0.2, 0) is 4.65 Å². The molecule has 1 saturated carbocycles. The van der Waals surface area contributed by atoms with Crippen LogP contribution in [0.2, 0.25) is 0 Å². The van der Waals surface area contributed by atoms with Crippen LogP contribution in [0.3, 0.4) is 0 Å². The second-order valence-corrected chi connectivity index (χ2v) is 5.74. The van der Waals surface area contributed by atoms with E-state index in [1.807, 2.05) is 30.3 Å². The van der Waals surface area contributed by atoms with Gasteiger partial charge < -0.3 is 9.68 Å². The molecule has 0 saturated heterocycles. The summed E-state index contributed by atoms with van der Waals surface area (Å²) in [5.74, 6) is -1.11. The van der Waals surface area contributed by atoms with Crippen molar-refractivity contribution in [3.8, 4) is 0 Å². The van der Waals surface area contributed by atoms with Gasteiger partial charge in [0.25, 0.3) is 0 Å². The fourth-order valence-electron chi connectivity index (χ4n) is 3.18. The molecule has 1 heterocycles. The van der Waals surface area contributed by atoms with Gasteiger partial charge in [0.2, 0.25) is 0 Å². The van der Waals surface area contributed by atoms with Crippen molar-refractivity contribution in [3.05, 3.63) is 71.3 Å². The Labute approximate surface area is 127 Å². The first-order chi connectivity index (χ1) is 10.6. The van der Waals surface area contributed by atoms with Gasteiger partial charge in [0.1, 0.15) is 11.6 Å². The first kappa shape index (κ1) is 13.7. The van der Waals surface area contributed by atoms with Crippen molar-refractivity contribution in [1.29, 1.82) is 0 Å². The highest BCUT2D eigenvalue weighted by molar-refractivity contribution is 6.71. The molecule has 5 heteroatoms. The highest BCUT2D eigenvalue weighted by Gasteiger charge is 2.57. The maximum Gasteiger partial charge on any atom is 0.492 e. The Morgan fingerprint density at radius 3 is 2.45 bits per heavy atom. The number of hydrogen-bond donors (Lipinski definition) is 1. The van der Waals surface area contributed by atoms with Gasteiger partial charge in [0.15, 0.2) is 0 Å². The zero-order valence-electron chi connectivity index (χ0n) is 11.7. The van der Waals surface area contributed by atoms with E-state index in [2.05, 4.69) is 0 Å². The van der Waals surface area contributed by atoms with Crippen molar-refractivity contribution in [2.24, 2.45) is 0 Å². The first-order valence-corrected chi connectivity index (χ1v) is 7.22. The predicted octanol–water partition coefficient (Wildman–Crippen LogP) is 3.46. The molecule has 1 N–H and O–H groups in total. The Morgan fingerprint density at radius 1 is 1.05 bits per heavy atom. The van der Waals surface area contributed by atoms with Gasteiger partial charge in [-0.2, -0.15) is 0 Å². The zero-order chi connectivity index (χ0) is 15.3. The zero-order valence-corrected chi connectivity index (χ0v) is 11.7. The van der Waals surface area contributed by atoms with Crippen LogP contribution in [0, 0.1) is 11.6 Å².